The van der Waals surface area contributed by atoms with E-state index in [1.807, 2.05) is 121 Å². The first-order chi connectivity index (χ1) is 15.1. The third-order valence-electron chi connectivity index (χ3n) is 5.52. The first-order valence-electron chi connectivity index (χ1n) is 10.5. The zero-order valence-corrected chi connectivity index (χ0v) is 17.4. The predicted molar refractivity (Wildman–Crippen MR) is 124 cm³/mol. The van der Waals surface area contributed by atoms with E-state index >= 15 is 0 Å². The van der Waals surface area contributed by atoms with Crippen LogP contribution in [-0.2, 0) is 24.3 Å². The summed E-state index contributed by atoms with van der Waals surface area (Å²) in [6.07, 6.45) is 0.615. The number of rotatable bonds is 8. The number of hydrogen-bond donors (Lipinski definition) is 3. The van der Waals surface area contributed by atoms with Crippen LogP contribution in [0.1, 0.15) is 22.3 Å². The second kappa shape index (κ2) is 9.27. The zero-order chi connectivity index (χ0) is 21.6. The van der Waals surface area contributed by atoms with Crippen molar-refractivity contribution in [3.63, 3.8) is 0 Å². The van der Waals surface area contributed by atoms with Crippen LogP contribution in [0, 0.1) is 0 Å². The van der Waals surface area contributed by atoms with E-state index in [-0.39, 0.29) is 0 Å². The predicted octanol–water partition coefficient (Wildman–Crippen LogP) is 4.75. The average molecular weight is 410 g/mol. The van der Waals surface area contributed by atoms with Gasteiger partial charge in [-0.3, -0.25) is 5.32 Å². The Balaban J connectivity index is 1.77. The van der Waals surface area contributed by atoms with Crippen LogP contribution in [0.5, 0.6) is 0 Å². The molecule has 3 nitrogen and oxygen atoms in total. The molecule has 0 fully saturated rings. The largest absolute Gasteiger partial charge is 0.371 e. The third-order valence-corrected chi connectivity index (χ3v) is 5.52. The van der Waals surface area contributed by atoms with Crippen molar-refractivity contribution in [3.05, 3.63) is 144 Å². The fraction of sp³-hybridized carbons (Fsp3) is 0.143. The number of aliphatic hydroxyl groups is 2. The van der Waals surface area contributed by atoms with Crippen molar-refractivity contribution < 1.29 is 10.2 Å². The van der Waals surface area contributed by atoms with E-state index in [1.54, 1.807) is 0 Å². The maximum atomic E-state index is 11.9. The molecule has 2 unspecified atom stereocenters. The Labute approximate surface area is 183 Å². The summed E-state index contributed by atoms with van der Waals surface area (Å²) in [6.45, 7) is 0. The van der Waals surface area contributed by atoms with Crippen LogP contribution in [0.2, 0.25) is 0 Å². The molecule has 3 heteroatoms. The smallest absolute Gasteiger partial charge is 0.148 e. The summed E-state index contributed by atoms with van der Waals surface area (Å²) in [7, 11) is 0. The van der Waals surface area contributed by atoms with Gasteiger partial charge in [0.15, 0.2) is 0 Å². The standard InChI is InChI=1S/C28H27NO2/c30-27(25-17-9-3-10-18-25,21-23-13-5-1-6-14-23)29-28(31,26-19-11-4-12-20-26)22-24-15-7-2-8-16-24/h1-20,29-31H,21-22H2. The summed E-state index contributed by atoms with van der Waals surface area (Å²) in [5.41, 5.74) is 0.361. The maximum absolute atomic E-state index is 11.9. The van der Waals surface area contributed by atoms with Gasteiger partial charge in [-0.15, -0.1) is 0 Å². The minimum atomic E-state index is -1.48. The van der Waals surface area contributed by atoms with Gasteiger partial charge >= 0.3 is 0 Å². The van der Waals surface area contributed by atoms with Gasteiger partial charge in [-0.1, -0.05) is 121 Å². The van der Waals surface area contributed by atoms with E-state index in [0.29, 0.717) is 24.0 Å². The van der Waals surface area contributed by atoms with Gasteiger partial charge in [-0.05, 0) is 22.3 Å². The Hall–Kier alpha value is -3.24. The molecule has 0 aromatic heterocycles. The van der Waals surface area contributed by atoms with Crippen molar-refractivity contribution in [2.24, 2.45) is 0 Å². The van der Waals surface area contributed by atoms with Crippen molar-refractivity contribution in [2.45, 2.75) is 24.3 Å². The van der Waals surface area contributed by atoms with Crippen molar-refractivity contribution in [2.75, 3.05) is 0 Å². The zero-order valence-electron chi connectivity index (χ0n) is 17.4. The molecule has 2 atom stereocenters. The van der Waals surface area contributed by atoms with Crippen LogP contribution < -0.4 is 5.32 Å². The molecule has 0 heterocycles. The molecule has 0 aliphatic carbocycles. The molecule has 0 amide bonds. The number of benzene rings is 4. The summed E-state index contributed by atoms with van der Waals surface area (Å²) in [5, 5.41) is 27.1. The van der Waals surface area contributed by atoms with Crippen molar-refractivity contribution in [3.8, 4) is 0 Å². The van der Waals surface area contributed by atoms with E-state index in [0.717, 1.165) is 11.1 Å². The third kappa shape index (κ3) is 5.09. The Morgan fingerprint density at radius 1 is 0.452 bits per heavy atom. The Morgan fingerprint density at radius 2 is 0.742 bits per heavy atom. The topological polar surface area (TPSA) is 52.5 Å². The molecular formula is C28H27NO2. The van der Waals surface area contributed by atoms with Gasteiger partial charge in [0.1, 0.15) is 11.4 Å². The van der Waals surface area contributed by atoms with Crippen LogP contribution in [0.3, 0.4) is 0 Å². The van der Waals surface area contributed by atoms with Gasteiger partial charge in [0.25, 0.3) is 0 Å². The highest BCUT2D eigenvalue weighted by molar-refractivity contribution is 5.31. The maximum Gasteiger partial charge on any atom is 0.148 e. The lowest BCUT2D eigenvalue weighted by Crippen LogP contribution is -2.56. The Kier molecular flexibility index (Phi) is 6.28. The molecule has 31 heavy (non-hydrogen) atoms. The second-order valence-electron chi connectivity index (χ2n) is 7.90. The average Bonchev–Trinajstić information content (AvgIpc) is 2.81. The quantitative estimate of drug-likeness (QED) is 0.368. The summed E-state index contributed by atoms with van der Waals surface area (Å²) < 4.78 is 0. The lowest BCUT2D eigenvalue weighted by Gasteiger charge is -2.40. The summed E-state index contributed by atoms with van der Waals surface area (Å²) >= 11 is 0. The van der Waals surface area contributed by atoms with E-state index in [1.165, 1.54) is 0 Å². The lowest BCUT2D eigenvalue weighted by molar-refractivity contribution is -0.112. The minimum absolute atomic E-state index is 0.307. The highest BCUT2D eigenvalue weighted by Gasteiger charge is 2.40. The molecule has 0 radical (unpaired) electrons. The second-order valence-corrected chi connectivity index (χ2v) is 7.90. The Bertz CT molecular complexity index is 982. The van der Waals surface area contributed by atoms with Crippen LogP contribution in [0.4, 0.5) is 0 Å². The molecule has 0 saturated carbocycles. The fourth-order valence-corrected chi connectivity index (χ4v) is 3.99. The summed E-state index contributed by atoms with van der Waals surface area (Å²) in [5.74, 6) is 0. The molecule has 0 saturated heterocycles. The Morgan fingerprint density at radius 3 is 1.06 bits per heavy atom. The molecule has 4 aromatic carbocycles. The normalized spacial score (nSPS) is 15.0. The van der Waals surface area contributed by atoms with Crippen molar-refractivity contribution in [1.82, 2.24) is 5.32 Å². The molecule has 156 valence electrons. The molecule has 4 aromatic rings. The fourth-order valence-electron chi connectivity index (χ4n) is 3.99. The molecule has 0 bridgehead atoms. The number of hydrogen-bond acceptors (Lipinski definition) is 3. The van der Waals surface area contributed by atoms with Gasteiger partial charge in [-0.2, -0.15) is 0 Å². The van der Waals surface area contributed by atoms with E-state index < -0.39 is 11.4 Å². The number of nitrogens with one attached hydrogen (secondary N) is 1. The lowest BCUT2D eigenvalue weighted by atomic mass is 9.89. The molecule has 0 aliphatic rings. The van der Waals surface area contributed by atoms with E-state index in [9.17, 15) is 10.2 Å². The van der Waals surface area contributed by atoms with Crippen LogP contribution >= 0.6 is 0 Å². The van der Waals surface area contributed by atoms with Gasteiger partial charge < -0.3 is 10.2 Å². The van der Waals surface area contributed by atoms with Gasteiger partial charge in [0.2, 0.25) is 0 Å². The molecular weight excluding hydrogens is 382 g/mol. The SMILES string of the molecule is OC(Cc1ccccc1)(NC(O)(Cc1ccccc1)c1ccccc1)c1ccccc1. The van der Waals surface area contributed by atoms with Crippen molar-refractivity contribution in [1.29, 1.82) is 0 Å². The van der Waals surface area contributed by atoms with Gasteiger partial charge in [-0.25, -0.2) is 0 Å². The summed E-state index contributed by atoms with van der Waals surface area (Å²) in [6, 6.07) is 38.6. The molecule has 4 rings (SSSR count). The summed E-state index contributed by atoms with van der Waals surface area (Å²) in [4.78, 5) is 0. The molecule has 0 spiro atoms. The first-order valence-corrected chi connectivity index (χ1v) is 10.5. The van der Waals surface area contributed by atoms with Crippen molar-refractivity contribution >= 4 is 0 Å². The van der Waals surface area contributed by atoms with Gasteiger partial charge in [0.05, 0.1) is 0 Å². The molecule has 0 aliphatic heterocycles. The van der Waals surface area contributed by atoms with E-state index in [4.69, 9.17) is 0 Å². The minimum Gasteiger partial charge on any atom is -0.371 e. The van der Waals surface area contributed by atoms with Gasteiger partial charge in [0, 0.05) is 12.8 Å². The van der Waals surface area contributed by atoms with E-state index in [2.05, 4.69) is 5.32 Å². The highest BCUT2D eigenvalue weighted by atomic mass is 16.3. The first kappa shape index (κ1) is 21.0. The molecule has 3 N–H and O–H groups in total. The van der Waals surface area contributed by atoms with Crippen LogP contribution in [0.15, 0.2) is 121 Å². The highest BCUT2D eigenvalue weighted by Crippen LogP contribution is 2.31. The van der Waals surface area contributed by atoms with Crippen LogP contribution in [0.25, 0.3) is 0 Å². The monoisotopic (exact) mass is 409 g/mol. The van der Waals surface area contributed by atoms with Crippen LogP contribution in [-0.4, -0.2) is 10.2 Å².